The number of piperidine rings is 1. The lowest BCUT2D eigenvalue weighted by Gasteiger charge is -2.21. The van der Waals surface area contributed by atoms with Crippen molar-refractivity contribution in [3.05, 3.63) is 45.8 Å². The van der Waals surface area contributed by atoms with E-state index in [1.807, 2.05) is 13.0 Å². The van der Waals surface area contributed by atoms with Crippen LogP contribution >= 0.6 is 0 Å². The van der Waals surface area contributed by atoms with Gasteiger partial charge in [-0.05, 0) is 30.5 Å². The maximum Gasteiger partial charge on any atom is 0.287 e. The third-order valence-electron chi connectivity index (χ3n) is 3.97. The van der Waals surface area contributed by atoms with E-state index in [-0.39, 0.29) is 29.9 Å². The quantitative estimate of drug-likeness (QED) is 0.814. The Labute approximate surface area is 137 Å². The molecule has 3 amide bonds. The molecule has 24 heavy (non-hydrogen) atoms. The summed E-state index contributed by atoms with van der Waals surface area (Å²) in [6.45, 7) is 1.98. The number of rotatable bonds is 3. The fourth-order valence-corrected chi connectivity index (χ4v) is 2.60. The first kappa shape index (κ1) is 15.9. The molecule has 1 unspecified atom stereocenters. The minimum absolute atomic E-state index is 0.151. The van der Waals surface area contributed by atoms with E-state index in [0.29, 0.717) is 11.0 Å². The van der Waals surface area contributed by atoms with E-state index in [0.717, 1.165) is 18.1 Å². The number of nitrogens with one attached hydrogen (secondary N) is 2. The van der Waals surface area contributed by atoms with Crippen molar-refractivity contribution in [2.45, 2.75) is 32.2 Å². The summed E-state index contributed by atoms with van der Waals surface area (Å²) in [6.07, 6.45) is 1.15. The average molecular weight is 328 g/mol. The molecule has 0 saturated carbocycles. The summed E-state index contributed by atoms with van der Waals surface area (Å²) in [6, 6.07) is 5.51. The number of hydrogen-bond acceptors (Lipinski definition) is 5. The van der Waals surface area contributed by atoms with Crippen molar-refractivity contribution in [2.75, 3.05) is 0 Å². The van der Waals surface area contributed by atoms with Crippen LogP contribution in [-0.2, 0) is 16.0 Å². The number of imide groups is 1. The monoisotopic (exact) mass is 328 g/mol. The average Bonchev–Trinajstić information content (AvgIpc) is 2.57. The van der Waals surface area contributed by atoms with Crippen LogP contribution in [0.15, 0.2) is 33.5 Å². The normalized spacial score (nSPS) is 17.6. The number of aryl methyl sites for hydroxylation is 1. The van der Waals surface area contributed by atoms with Gasteiger partial charge in [0.05, 0.1) is 5.39 Å². The predicted octanol–water partition coefficient (Wildman–Crippen LogP) is 0.890. The summed E-state index contributed by atoms with van der Waals surface area (Å²) < 4.78 is 5.49. The second-order valence-corrected chi connectivity index (χ2v) is 5.64. The Morgan fingerprint density at radius 3 is 2.79 bits per heavy atom. The fraction of sp³-hybridized carbons (Fsp3) is 0.294. The molecule has 2 heterocycles. The van der Waals surface area contributed by atoms with Crippen molar-refractivity contribution in [1.82, 2.24) is 10.6 Å². The summed E-state index contributed by atoms with van der Waals surface area (Å²) in [4.78, 5) is 47.3. The van der Waals surface area contributed by atoms with Gasteiger partial charge >= 0.3 is 0 Å². The van der Waals surface area contributed by atoms with Gasteiger partial charge in [0.2, 0.25) is 11.8 Å². The zero-order valence-electron chi connectivity index (χ0n) is 13.0. The largest absolute Gasteiger partial charge is 0.451 e. The smallest absolute Gasteiger partial charge is 0.287 e. The van der Waals surface area contributed by atoms with E-state index in [1.165, 1.54) is 0 Å². The van der Waals surface area contributed by atoms with Crippen LogP contribution in [0.1, 0.15) is 35.9 Å². The molecule has 0 spiro atoms. The first-order chi connectivity index (χ1) is 11.5. The molecule has 0 radical (unpaired) electrons. The van der Waals surface area contributed by atoms with Gasteiger partial charge in [0.1, 0.15) is 11.6 Å². The summed E-state index contributed by atoms with van der Waals surface area (Å²) in [5, 5.41) is 5.05. The van der Waals surface area contributed by atoms with Crippen LogP contribution in [0.25, 0.3) is 11.0 Å². The molecule has 3 rings (SSSR count). The van der Waals surface area contributed by atoms with Crippen LogP contribution in [0.4, 0.5) is 0 Å². The molecule has 2 N–H and O–H groups in total. The van der Waals surface area contributed by atoms with Crippen molar-refractivity contribution in [3.8, 4) is 0 Å². The summed E-state index contributed by atoms with van der Waals surface area (Å²) >= 11 is 0. The van der Waals surface area contributed by atoms with Gasteiger partial charge in [-0.15, -0.1) is 0 Å². The van der Waals surface area contributed by atoms with Gasteiger partial charge in [-0.1, -0.05) is 13.0 Å². The first-order valence-electron chi connectivity index (χ1n) is 7.69. The van der Waals surface area contributed by atoms with Crippen LogP contribution in [0.5, 0.6) is 0 Å². The van der Waals surface area contributed by atoms with Gasteiger partial charge in [-0.2, -0.15) is 0 Å². The molecule has 2 aromatic rings. The van der Waals surface area contributed by atoms with Crippen molar-refractivity contribution >= 4 is 28.7 Å². The maximum absolute atomic E-state index is 12.3. The number of benzene rings is 1. The molecule has 1 aliphatic heterocycles. The Morgan fingerprint density at radius 2 is 2.08 bits per heavy atom. The molecule has 0 aliphatic carbocycles. The highest BCUT2D eigenvalue weighted by Gasteiger charge is 2.28. The van der Waals surface area contributed by atoms with Crippen LogP contribution in [0.2, 0.25) is 0 Å². The van der Waals surface area contributed by atoms with Gasteiger partial charge in [0, 0.05) is 12.5 Å². The molecule has 1 aromatic heterocycles. The molecule has 7 heteroatoms. The Morgan fingerprint density at radius 1 is 1.29 bits per heavy atom. The van der Waals surface area contributed by atoms with Crippen molar-refractivity contribution in [2.24, 2.45) is 0 Å². The zero-order chi connectivity index (χ0) is 17.3. The predicted molar refractivity (Wildman–Crippen MR) is 85.5 cm³/mol. The van der Waals surface area contributed by atoms with Gasteiger partial charge < -0.3 is 9.73 Å². The topological polar surface area (TPSA) is 105 Å². The van der Waals surface area contributed by atoms with Crippen molar-refractivity contribution < 1.29 is 18.8 Å². The summed E-state index contributed by atoms with van der Waals surface area (Å²) in [7, 11) is 0. The Balaban J connectivity index is 1.86. The molecular weight excluding hydrogens is 312 g/mol. The third kappa shape index (κ3) is 3.05. The molecule has 7 nitrogen and oxygen atoms in total. The standard InChI is InChI=1S/C17H16N2O5/c1-2-9-3-5-13-10(7-9)12(20)8-14(24-13)17(23)18-11-4-6-15(21)19-16(11)22/h3,5,7-8,11H,2,4,6H2,1H3,(H,18,23)(H,19,21,22). The molecule has 1 atom stereocenters. The second kappa shape index (κ2) is 6.27. The molecule has 1 aliphatic rings. The number of carbonyl (C=O) groups excluding carboxylic acids is 3. The molecule has 0 bridgehead atoms. The van der Waals surface area contributed by atoms with Crippen LogP contribution < -0.4 is 16.1 Å². The zero-order valence-corrected chi connectivity index (χ0v) is 13.0. The van der Waals surface area contributed by atoms with Crippen molar-refractivity contribution in [3.63, 3.8) is 0 Å². The van der Waals surface area contributed by atoms with E-state index in [2.05, 4.69) is 10.6 Å². The highest BCUT2D eigenvalue weighted by Crippen LogP contribution is 2.15. The van der Waals surface area contributed by atoms with E-state index < -0.39 is 17.9 Å². The lowest BCUT2D eigenvalue weighted by molar-refractivity contribution is -0.134. The van der Waals surface area contributed by atoms with Crippen molar-refractivity contribution in [1.29, 1.82) is 0 Å². The molecular formula is C17H16N2O5. The lowest BCUT2D eigenvalue weighted by atomic mass is 10.1. The number of fused-ring (bicyclic) bond motifs is 1. The number of hydrogen-bond donors (Lipinski definition) is 2. The lowest BCUT2D eigenvalue weighted by Crippen LogP contribution is -2.52. The van der Waals surface area contributed by atoms with Crippen LogP contribution in [0.3, 0.4) is 0 Å². The van der Waals surface area contributed by atoms with Gasteiger partial charge in [0.15, 0.2) is 11.2 Å². The minimum atomic E-state index is -0.821. The Bertz CT molecular complexity index is 899. The third-order valence-corrected chi connectivity index (χ3v) is 3.97. The van der Waals surface area contributed by atoms with Gasteiger partial charge in [-0.25, -0.2) is 0 Å². The summed E-state index contributed by atoms with van der Waals surface area (Å²) in [5.74, 6) is -1.76. The molecule has 124 valence electrons. The molecule has 1 saturated heterocycles. The Hall–Kier alpha value is -2.96. The van der Waals surface area contributed by atoms with Crippen LogP contribution in [0, 0.1) is 0 Å². The highest BCUT2D eigenvalue weighted by molar-refractivity contribution is 6.03. The minimum Gasteiger partial charge on any atom is -0.451 e. The highest BCUT2D eigenvalue weighted by atomic mass is 16.3. The van der Waals surface area contributed by atoms with Gasteiger partial charge in [-0.3, -0.25) is 24.5 Å². The molecule has 1 fully saturated rings. The fourth-order valence-electron chi connectivity index (χ4n) is 2.60. The number of carbonyl (C=O) groups is 3. The maximum atomic E-state index is 12.3. The second-order valence-electron chi connectivity index (χ2n) is 5.64. The number of amides is 3. The SMILES string of the molecule is CCc1ccc2oc(C(=O)NC3CCC(=O)NC3=O)cc(=O)c2c1. The van der Waals surface area contributed by atoms with Crippen LogP contribution in [-0.4, -0.2) is 23.8 Å². The first-order valence-corrected chi connectivity index (χ1v) is 7.69. The van der Waals surface area contributed by atoms with E-state index >= 15 is 0 Å². The van der Waals surface area contributed by atoms with E-state index in [4.69, 9.17) is 4.42 Å². The van der Waals surface area contributed by atoms with E-state index in [9.17, 15) is 19.2 Å². The van der Waals surface area contributed by atoms with Gasteiger partial charge in [0.25, 0.3) is 5.91 Å². The summed E-state index contributed by atoms with van der Waals surface area (Å²) in [5.41, 5.74) is 0.989. The Kier molecular flexibility index (Phi) is 4.16. The van der Waals surface area contributed by atoms with E-state index in [1.54, 1.807) is 12.1 Å². The molecule has 1 aromatic carbocycles.